The van der Waals surface area contributed by atoms with E-state index < -0.39 is 11.2 Å². The fourth-order valence-corrected chi connectivity index (χ4v) is 7.02. The lowest BCUT2D eigenvalue weighted by Gasteiger charge is -2.21. The van der Waals surface area contributed by atoms with Gasteiger partial charge in [0.05, 0.1) is 0 Å². The number of alkyl carbamates (subject to hydrolysis) is 2. The van der Waals surface area contributed by atoms with Crippen molar-refractivity contribution in [3.05, 3.63) is 0 Å². The predicted octanol–water partition coefficient (Wildman–Crippen LogP) is 5.72. The van der Waals surface area contributed by atoms with Crippen molar-refractivity contribution in [1.82, 2.24) is 10.6 Å². The van der Waals surface area contributed by atoms with E-state index in [9.17, 15) is 9.59 Å². The number of ether oxygens (including phenoxy) is 2. The average molecular weight is 566 g/mol. The van der Waals surface area contributed by atoms with Crippen LogP contribution < -0.4 is 10.6 Å². The molecule has 2 amide bonds. The van der Waals surface area contributed by atoms with Gasteiger partial charge in [-0.1, -0.05) is 53.4 Å². The summed E-state index contributed by atoms with van der Waals surface area (Å²) >= 11 is 7.08. The molecule has 0 bridgehead atoms. The van der Waals surface area contributed by atoms with Gasteiger partial charge in [-0.25, -0.2) is 9.59 Å². The Bertz CT molecular complexity index is 429. The number of hydrogen-bond acceptors (Lipinski definition) is 6. The Balaban J connectivity index is 4.09. The van der Waals surface area contributed by atoms with Crippen molar-refractivity contribution in [2.45, 2.75) is 76.1 Å². The fourth-order valence-electron chi connectivity index (χ4n) is 1.76. The Labute approximate surface area is 194 Å². The molecule has 0 aromatic heterocycles. The van der Waals surface area contributed by atoms with E-state index in [1.165, 1.54) is 0 Å². The molecule has 0 fully saturated rings. The molecular weight excluding hydrogens is 532 g/mol. The molecule has 28 heavy (non-hydrogen) atoms. The van der Waals surface area contributed by atoms with Crippen molar-refractivity contribution in [3.8, 4) is 0 Å². The first-order valence-corrected chi connectivity index (χ1v) is 13.8. The largest absolute Gasteiger partial charge is 0.444 e. The summed E-state index contributed by atoms with van der Waals surface area (Å²) < 4.78 is 10.5. The molecular formula is C18H34Br2N2O4S2. The lowest BCUT2D eigenvalue weighted by molar-refractivity contribution is 0.0516. The number of alkyl halides is 2. The Kier molecular flexibility index (Phi) is 14.3. The van der Waals surface area contributed by atoms with Crippen LogP contribution in [0.25, 0.3) is 0 Å². The highest BCUT2D eigenvalue weighted by Crippen LogP contribution is 2.35. The number of amides is 2. The van der Waals surface area contributed by atoms with Gasteiger partial charge < -0.3 is 20.1 Å². The molecule has 2 N–H and O–H groups in total. The molecule has 6 nitrogen and oxygen atoms in total. The first-order chi connectivity index (χ1) is 12.9. The molecule has 0 radical (unpaired) electrons. The highest BCUT2D eigenvalue weighted by atomic mass is 79.9. The van der Waals surface area contributed by atoms with Crippen LogP contribution >= 0.6 is 53.4 Å². The Hall–Kier alpha value is 0.200. The summed E-state index contributed by atoms with van der Waals surface area (Å²) in [5.41, 5.74) is -0.972. The van der Waals surface area contributed by atoms with Crippen LogP contribution in [0.2, 0.25) is 0 Å². The highest BCUT2D eigenvalue weighted by molar-refractivity contribution is 9.09. The van der Waals surface area contributed by atoms with Crippen LogP contribution in [0.4, 0.5) is 9.59 Å². The van der Waals surface area contributed by atoms with Crippen molar-refractivity contribution in [1.29, 1.82) is 0 Å². The van der Waals surface area contributed by atoms with Crippen LogP contribution in [-0.2, 0) is 9.47 Å². The SMILES string of the molecule is CC(C)(C)OC(=O)NCCC(CBr)SSC(CBr)CCNC(=O)OC(C)(C)C. The van der Waals surface area contributed by atoms with Crippen LogP contribution in [0.5, 0.6) is 0 Å². The zero-order valence-electron chi connectivity index (χ0n) is 17.6. The van der Waals surface area contributed by atoms with E-state index >= 15 is 0 Å². The van der Waals surface area contributed by atoms with E-state index in [4.69, 9.17) is 9.47 Å². The first kappa shape index (κ1) is 28.2. The van der Waals surface area contributed by atoms with Crippen molar-refractivity contribution < 1.29 is 19.1 Å². The van der Waals surface area contributed by atoms with Gasteiger partial charge in [-0.05, 0) is 54.4 Å². The molecule has 2 atom stereocenters. The second kappa shape index (κ2) is 14.2. The first-order valence-electron chi connectivity index (χ1n) is 9.24. The number of hydrogen-bond donors (Lipinski definition) is 2. The molecule has 0 aliphatic heterocycles. The van der Waals surface area contributed by atoms with E-state index in [0.717, 1.165) is 23.5 Å². The van der Waals surface area contributed by atoms with Gasteiger partial charge in [-0.3, -0.25) is 0 Å². The third-order valence-corrected chi connectivity index (χ3v) is 8.79. The molecule has 0 aliphatic rings. The van der Waals surface area contributed by atoms with Crippen LogP contribution in [0.3, 0.4) is 0 Å². The van der Waals surface area contributed by atoms with Crippen LogP contribution in [0.15, 0.2) is 0 Å². The van der Waals surface area contributed by atoms with E-state index in [1.54, 1.807) is 21.6 Å². The maximum Gasteiger partial charge on any atom is 0.407 e. The van der Waals surface area contributed by atoms with Gasteiger partial charge in [0.15, 0.2) is 0 Å². The molecule has 0 saturated heterocycles. The van der Waals surface area contributed by atoms with E-state index in [2.05, 4.69) is 42.5 Å². The van der Waals surface area contributed by atoms with Gasteiger partial charge in [0.25, 0.3) is 0 Å². The minimum Gasteiger partial charge on any atom is -0.444 e. The smallest absolute Gasteiger partial charge is 0.407 e. The Morgan fingerprint density at radius 3 is 1.36 bits per heavy atom. The molecule has 0 saturated carbocycles. The van der Waals surface area contributed by atoms with E-state index in [0.29, 0.717) is 23.6 Å². The third-order valence-electron chi connectivity index (χ3n) is 2.94. The van der Waals surface area contributed by atoms with Gasteiger partial charge in [0.2, 0.25) is 0 Å². The second-order valence-corrected chi connectivity index (χ2v) is 12.3. The lowest BCUT2D eigenvalue weighted by Crippen LogP contribution is -2.34. The van der Waals surface area contributed by atoms with Gasteiger partial charge in [-0.15, -0.1) is 0 Å². The number of carbonyl (C=O) groups is 2. The maximum absolute atomic E-state index is 11.7. The Morgan fingerprint density at radius 2 is 1.11 bits per heavy atom. The molecule has 0 spiro atoms. The van der Waals surface area contributed by atoms with Gasteiger partial charge in [0, 0.05) is 34.2 Å². The van der Waals surface area contributed by atoms with Gasteiger partial charge in [-0.2, -0.15) is 0 Å². The van der Waals surface area contributed by atoms with E-state index in [1.807, 2.05) is 41.5 Å². The Morgan fingerprint density at radius 1 is 0.786 bits per heavy atom. The quantitative estimate of drug-likeness (QED) is 0.246. The minimum atomic E-state index is -0.486. The molecule has 0 aromatic carbocycles. The fraction of sp³-hybridized carbons (Fsp3) is 0.889. The van der Waals surface area contributed by atoms with Crippen molar-refractivity contribution >= 4 is 65.6 Å². The standard InChI is InChI=1S/C18H34Br2N2O4S2/c1-17(2,3)25-15(23)21-9-7-13(11-19)27-28-14(12-20)8-10-22-16(24)26-18(4,5)6/h13-14H,7-12H2,1-6H3,(H,21,23)(H,22,24). The maximum atomic E-state index is 11.7. The molecule has 0 rings (SSSR count). The summed E-state index contributed by atoms with van der Waals surface area (Å²) in [5, 5.41) is 7.99. The lowest BCUT2D eigenvalue weighted by atomic mass is 10.2. The second-order valence-electron chi connectivity index (χ2n) is 8.18. The molecule has 10 heteroatoms. The normalized spacial score (nSPS) is 14.1. The van der Waals surface area contributed by atoms with Crippen molar-refractivity contribution in [3.63, 3.8) is 0 Å². The van der Waals surface area contributed by atoms with Crippen LogP contribution in [0.1, 0.15) is 54.4 Å². The summed E-state index contributed by atoms with van der Waals surface area (Å²) in [6, 6.07) is 0. The van der Waals surface area contributed by atoms with Crippen LogP contribution in [0, 0.1) is 0 Å². The zero-order chi connectivity index (χ0) is 21.8. The summed E-state index contributed by atoms with van der Waals surface area (Å²) in [6.45, 7) is 12.2. The average Bonchev–Trinajstić information content (AvgIpc) is 2.52. The van der Waals surface area contributed by atoms with E-state index in [-0.39, 0.29) is 12.2 Å². The monoisotopic (exact) mass is 564 g/mol. The molecule has 0 heterocycles. The predicted molar refractivity (Wildman–Crippen MR) is 128 cm³/mol. The van der Waals surface area contributed by atoms with Crippen molar-refractivity contribution in [2.75, 3.05) is 23.7 Å². The number of carbonyl (C=O) groups excluding carboxylic acids is 2. The summed E-state index contributed by atoms with van der Waals surface area (Å²) in [7, 11) is 3.58. The van der Waals surface area contributed by atoms with Gasteiger partial charge >= 0.3 is 12.2 Å². The number of halogens is 2. The number of nitrogens with one attached hydrogen (secondary N) is 2. The van der Waals surface area contributed by atoms with Crippen molar-refractivity contribution in [2.24, 2.45) is 0 Å². The molecule has 2 unspecified atom stereocenters. The molecule has 0 aliphatic carbocycles. The number of rotatable bonds is 11. The molecule has 166 valence electrons. The summed E-state index contributed by atoms with van der Waals surface area (Å²) in [6.07, 6.45) is 0.913. The topological polar surface area (TPSA) is 76.7 Å². The highest BCUT2D eigenvalue weighted by Gasteiger charge is 2.19. The zero-order valence-corrected chi connectivity index (χ0v) is 22.4. The third kappa shape index (κ3) is 17.1. The summed E-state index contributed by atoms with van der Waals surface area (Å²) in [5.74, 6) is 0. The minimum absolute atomic E-state index is 0.361. The summed E-state index contributed by atoms with van der Waals surface area (Å²) in [4.78, 5) is 23.4. The van der Waals surface area contributed by atoms with Gasteiger partial charge in [0.1, 0.15) is 11.2 Å². The molecule has 0 aromatic rings. The van der Waals surface area contributed by atoms with Crippen LogP contribution in [-0.4, -0.2) is 57.6 Å².